The molecule has 1 amide bonds. The molecule has 1 saturated carbocycles. The highest BCUT2D eigenvalue weighted by atomic mass is 16.5. The van der Waals surface area contributed by atoms with Crippen molar-refractivity contribution in [1.29, 1.82) is 0 Å². The van der Waals surface area contributed by atoms with Crippen LogP contribution in [0.5, 0.6) is 11.5 Å². The average molecular weight is 431 g/mol. The first-order chi connectivity index (χ1) is 14.9. The molecule has 1 aliphatic carbocycles. The molecule has 0 unspecified atom stereocenters. The quantitative estimate of drug-likeness (QED) is 0.702. The van der Waals surface area contributed by atoms with Gasteiger partial charge in [0, 0.05) is 12.5 Å². The lowest BCUT2D eigenvalue weighted by molar-refractivity contribution is -0.122. The van der Waals surface area contributed by atoms with Gasteiger partial charge in [0.05, 0.1) is 26.8 Å². The number of benzene rings is 1. The first kappa shape index (κ1) is 22.6. The van der Waals surface area contributed by atoms with Crippen LogP contribution < -0.4 is 9.47 Å². The zero-order chi connectivity index (χ0) is 22.5. The molecule has 31 heavy (non-hydrogen) atoms. The number of carbonyl (C=O) groups is 2. The maximum absolute atomic E-state index is 13.6. The highest BCUT2D eigenvalue weighted by Crippen LogP contribution is 2.41. The molecule has 2 heterocycles. The van der Waals surface area contributed by atoms with Gasteiger partial charge in [-0.15, -0.1) is 0 Å². The molecule has 2 aromatic rings. The van der Waals surface area contributed by atoms with Crippen LogP contribution in [0, 0.1) is 5.92 Å². The van der Waals surface area contributed by atoms with Gasteiger partial charge in [0.2, 0.25) is 0 Å². The van der Waals surface area contributed by atoms with Crippen molar-refractivity contribution in [3.05, 3.63) is 35.4 Å². The lowest BCUT2D eigenvalue weighted by Gasteiger charge is -2.36. The number of carbonyl (C=O) groups excluding carboxylic acids is 1. The fourth-order valence-electron chi connectivity index (χ4n) is 3.92. The average Bonchev–Trinajstić information content (AvgIpc) is 3.51. The maximum atomic E-state index is 13.6. The van der Waals surface area contributed by atoms with Gasteiger partial charge in [-0.05, 0) is 37.3 Å². The molecular weight excluding hydrogens is 400 g/mol. The standard InChI is InChI=1S/C21H28N4O3.CH2O2/c1-13(2)12-15-20-22-19(14-8-9-14)23-25(20)11-10-24(15)21(26)18-16(27-3)6-5-7-17(18)28-4;2-1-3/h5-7,13-15H,8-12H2,1-4H3;1H,(H,2,3)/t15-;/m0./s1. The molecule has 1 aliphatic heterocycles. The Morgan fingerprint density at radius 1 is 1.23 bits per heavy atom. The Hall–Kier alpha value is -3.10. The van der Waals surface area contributed by atoms with Crippen LogP contribution >= 0.6 is 0 Å². The largest absolute Gasteiger partial charge is 0.496 e. The minimum atomic E-state index is -0.250. The summed E-state index contributed by atoms with van der Waals surface area (Å²) < 4.78 is 12.9. The van der Waals surface area contributed by atoms with Crippen molar-refractivity contribution < 1.29 is 24.2 Å². The summed E-state index contributed by atoms with van der Waals surface area (Å²) in [6.07, 6.45) is 3.17. The van der Waals surface area contributed by atoms with E-state index < -0.39 is 0 Å². The number of nitrogens with zero attached hydrogens (tertiary/aromatic N) is 4. The zero-order valence-electron chi connectivity index (χ0n) is 18.4. The maximum Gasteiger partial charge on any atom is 0.290 e. The summed E-state index contributed by atoms with van der Waals surface area (Å²) in [6.45, 7) is 5.34. The first-order valence-corrected chi connectivity index (χ1v) is 10.5. The van der Waals surface area contributed by atoms with Gasteiger partial charge in [-0.2, -0.15) is 5.10 Å². The van der Waals surface area contributed by atoms with Gasteiger partial charge in [-0.3, -0.25) is 9.59 Å². The normalized spacial score (nSPS) is 17.5. The Bertz CT molecular complexity index is 900. The molecule has 9 heteroatoms. The Labute approximate surface area is 182 Å². The van der Waals surface area contributed by atoms with Gasteiger partial charge in [0.25, 0.3) is 12.4 Å². The number of hydrogen-bond donors (Lipinski definition) is 1. The molecule has 1 aromatic carbocycles. The third-order valence-corrected chi connectivity index (χ3v) is 5.48. The summed E-state index contributed by atoms with van der Waals surface area (Å²) in [6, 6.07) is 5.32. The van der Waals surface area contributed by atoms with Crippen molar-refractivity contribution in [3.8, 4) is 11.5 Å². The molecule has 4 rings (SSSR count). The Kier molecular flexibility index (Phi) is 7.14. The molecule has 9 nitrogen and oxygen atoms in total. The van der Waals surface area contributed by atoms with Crippen molar-refractivity contribution in [2.75, 3.05) is 20.8 Å². The molecule has 2 aliphatic rings. The van der Waals surface area contributed by atoms with Crippen molar-refractivity contribution in [2.45, 2.75) is 51.6 Å². The van der Waals surface area contributed by atoms with Gasteiger partial charge >= 0.3 is 0 Å². The van der Waals surface area contributed by atoms with E-state index in [4.69, 9.17) is 29.5 Å². The van der Waals surface area contributed by atoms with E-state index in [9.17, 15) is 4.79 Å². The molecule has 1 aromatic heterocycles. The minimum Gasteiger partial charge on any atom is -0.496 e. The van der Waals surface area contributed by atoms with E-state index in [2.05, 4.69) is 13.8 Å². The number of methoxy groups -OCH3 is 2. The summed E-state index contributed by atoms with van der Waals surface area (Å²) in [4.78, 5) is 28.8. The second-order valence-electron chi connectivity index (χ2n) is 8.11. The number of fused-ring (bicyclic) bond motifs is 1. The first-order valence-electron chi connectivity index (χ1n) is 10.5. The van der Waals surface area contributed by atoms with E-state index in [1.807, 2.05) is 15.6 Å². The van der Waals surface area contributed by atoms with E-state index in [0.717, 1.165) is 18.1 Å². The predicted octanol–water partition coefficient (Wildman–Crippen LogP) is 3.12. The summed E-state index contributed by atoms with van der Waals surface area (Å²) >= 11 is 0. The third kappa shape index (κ3) is 4.81. The predicted molar refractivity (Wildman–Crippen MR) is 113 cm³/mol. The number of amides is 1. The van der Waals surface area contributed by atoms with Crippen molar-refractivity contribution in [1.82, 2.24) is 19.7 Å². The van der Waals surface area contributed by atoms with E-state index in [0.29, 0.717) is 42.0 Å². The molecule has 1 N–H and O–H groups in total. The zero-order valence-corrected chi connectivity index (χ0v) is 18.4. The number of rotatable bonds is 6. The van der Waals surface area contributed by atoms with Crippen molar-refractivity contribution >= 4 is 12.4 Å². The monoisotopic (exact) mass is 430 g/mol. The number of hydrogen-bond acceptors (Lipinski definition) is 6. The molecule has 1 fully saturated rings. The molecule has 168 valence electrons. The molecule has 0 bridgehead atoms. The Morgan fingerprint density at radius 3 is 2.35 bits per heavy atom. The summed E-state index contributed by atoms with van der Waals surface area (Å²) in [5.41, 5.74) is 0.469. The molecule has 0 spiro atoms. The van der Waals surface area contributed by atoms with Crippen molar-refractivity contribution in [2.24, 2.45) is 5.92 Å². The van der Waals surface area contributed by atoms with Crippen LogP contribution in [0.1, 0.15) is 67.1 Å². The number of aromatic nitrogens is 3. The summed E-state index contributed by atoms with van der Waals surface area (Å²) in [5, 5.41) is 11.6. The molecule has 0 radical (unpaired) electrons. The van der Waals surface area contributed by atoms with Gasteiger partial charge < -0.3 is 19.5 Å². The van der Waals surface area contributed by atoms with Crippen LogP contribution in [0.2, 0.25) is 0 Å². The second-order valence-corrected chi connectivity index (χ2v) is 8.11. The molecule has 1 atom stereocenters. The number of ether oxygens (including phenoxy) is 2. The third-order valence-electron chi connectivity index (χ3n) is 5.48. The molecular formula is C22H30N4O5. The van der Waals surface area contributed by atoms with E-state index in [1.165, 1.54) is 12.8 Å². The van der Waals surface area contributed by atoms with Gasteiger partial charge in [-0.1, -0.05) is 19.9 Å². The molecule has 0 saturated heterocycles. The lowest BCUT2D eigenvalue weighted by atomic mass is 9.99. The smallest absolute Gasteiger partial charge is 0.290 e. The van der Waals surface area contributed by atoms with Gasteiger partial charge in [0.1, 0.15) is 22.9 Å². The Morgan fingerprint density at radius 2 is 1.84 bits per heavy atom. The fourth-order valence-corrected chi connectivity index (χ4v) is 3.92. The lowest BCUT2D eigenvalue weighted by Crippen LogP contribution is -2.43. The topological polar surface area (TPSA) is 107 Å². The Balaban J connectivity index is 0.000000858. The summed E-state index contributed by atoms with van der Waals surface area (Å²) in [7, 11) is 3.15. The van der Waals surface area contributed by atoms with Crippen molar-refractivity contribution in [3.63, 3.8) is 0 Å². The van der Waals surface area contributed by atoms with Gasteiger partial charge in [-0.25, -0.2) is 9.67 Å². The van der Waals surface area contributed by atoms with E-state index >= 15 is 0 Å². The highest BCUT2D eigenvalue weighted by Gasteiger charge is 2.38. The van der Waals surface area contributed by atoms with E-state index in [1.54, 1.807) is 26.4 Å². The minimum absolute atomic E-state index is 0.0813. The second kappa shape index (κ2) is 9.80. The van der Waals surface area contributed by atoms with E-state index in [-0.39, 0.29) is 18.4 Å². The number of carboxylic acid groups (broad SMARTS) is 1. The van der Waals surface area contributed by atoms with Crippen LogP contribution in [0.3, 0.4) is 0 Å². The van der Waals surface area contributed by atoms with Crippen LogP contribution in [0.25, 0.3) is 0 Å². The van der Waals surface area contributed by atoms with Crippen LogP contribution in [-0.4, -0.2) is 57.9 Å². The SMILES string of the molecule is COc1cccc(OC)c1C(=O)N1CCn2nc(C3CC3)nc2[C@@H]1CC(C)C.O=CO. The van der Waals surface area contributed by atoms with Crippen LogP contribution in [0.15, 0.2) is 18.2 Å². The van der Waals surface area contributed by atoms with Crippen LogP contribution in [0.4, 0.5) is 0 Å². The van der Waals surface area contributed by atoms with Gasteiger partial charge in [0.15, 0.2) is 5.82 Å². The summed E-state index contributed by atoms with van der Waals surface area (Å²) in [5.74, 6) is 3.74. The highest BCUT2D eigenvalue weighted by molar-refractivity contribution is 6.00. The van der Waals surface area contributed by atoms with Crippen LogP contribution in [-0.2, 0) is 11.3 Å². The fraction of sp³-hybridized carbons (Fsp3) is 0.545.